The van der Waals surface area contributed by atoms with Crippen LogP contribution in [-0.4, -0.2) is 29.6 Å². The maximum atomic E-state index is 13.3. The lowest BCUT2D eigenvalue weighted by atomic mass is 9.64. The first-order chi connectivity index (χ1) is 13.8. The molecule has 1 aliphatic carbocycles. The topological polar surface area (TPSA) is 69.6 Å². The highest BCUT2D eigenvalue weighted by Crippen LogP contribution is 2.52. The fraction of sp³-hybridized carbons (Fsp3) is 0.391. The van der Waals surface area contributed by atoms with E-state index in [2.05, 4.69) is 40.3 Å². The summed E-state index contributed by atoms with van der Waals surface area (Å²) < 4.78 is 0.893. The third kappa shape index (κ3) is 3.14. The smallest absolute Gasteiger partial charge is 0.329 e. The Bertz CT molecular complexity index is 980. The predicted molar refractivity (Wildman–Crippen MR) is 118 cm³/mol. The minimum absolute atomic E-state index is 0.0854. The van der Waals surface area contributed by atoms with E-state index in [9.17, 15) is 14.7 Å². The van der Waals surface area contributed by atoms with Crippen molar-refractivity contribution in [3.05, 3.63) is 58.1 Å². The molecule has 1 saturated carbocycles. The van der Waals surface area contributed by atoms with Gasteiger partial charge >= 0.3 is 5.97 Å². The van der Waals surface area contributed by atoms with Crippen LogP contribution in [0.3, 0.4) is 0 Å². The minimum Gasteiger partial charge on any atom is -0.480 e. The van der Waals surface area contributed by atoms with Gasteiger partial charge in [0.1, 0.15) is 5.54 Å². The molecule has 29 heavy (non-hydrogen) atoms. The molecule has 6 heteroatoms. The van der Waals surface area contributed by atoms with Crippen LogP contribution >= 0.6 is 15.9 Å². The number of hydrogen-bond donors (Lipinski definition) is 2. The number of anilines is 2. The van der Waals surface area contributed by atoms with E-state index < -0.39 is 16.9 Å². The Kier molecular flexibility index (Phi) is 4.93. The molecule has 5 nitrogen and oxygen atoms in total. The normalized spacial score (nSPS) is 25.9. The van der Waals surface area contributed by atoms with Gasteiger partial charge < -0.3 is 15.3 Å². The van der Waals surface area contributed by atoms with E-state index in [1.165, 1.54) is 5.56 Å². The van der Waals surface area contributed by atoms with Crippen molar-refractivity contribution in [2.45, 2.75) is 50.0 Å². The number of carboxylic acid groups (broad SMARTS) is 1. The molecule has 2 aliphatic rings. The van der Waals surface area contributed by atoms with E-state index in [0.29, 0.717) is 25.7 Å². The summed E-state index contributed by atoms with van der Waals surface area (Å²) in [6, 6.07) is 13.8. The van der Waals surface area contributed by atoms with E-state index in [0.717, 1.165) is 27.8 Å². The average Bonchev–Trinajstić information content (AvgIpc) is 2.91. The standard InChI is InChI=1S/C23H25BrN2O3/c1-3-15-7-8-19-18(13-15)22(20(27)26(19)2)9-11-23(12-10-22,21(28)29)25-17-6-4-5-16(24)14-17/h4-8,13-14,25H,3,9-12H2,1-2H3,(H,28,29). The number of nitrogens with one attached hydrogen (secondary N) is 1. The molecule has 1 amide bonds. The lowest BCUT2D eigenvalue weighted by Crippen LogP contribution is -2.54. The van der Waals surface area contributed by atoms with E-state index in [1.54, 1.807) is 4.90 Å². The minimum atomic E-state index is -1.07. The molecule has 0 bridgehead atoms. The molecule has 0 unspecified atom stereocenters. The molecule has 1 heterocycles. The molecule has 1 fully saturated rings. The number of carbonyl (C=O) groups is 2. The van der Waals surface area contributed by atoms with Crippen LogP contribution in [0.15, 0.2) is 46.9 Å². The Morgan fingerprint density at radius 2 is 1.90 bits per heavy atom. The number of hydrogen-bond acceptors (Lipinski definition) is 3. The van der Waals surface area contributed by atoms with Crippen LogP contribution in [-0.2, 0) is 21.4 Å². The number of aryl methyl sites for hydroxylation is 1. The highest BCUT2D eigenvalue weighted by molar-refractivity contribution is 9.10. The highest BCUT2D eigenvalue weighted by atomic mass is 79.9. The molecule has 1 aliphatic heterocycles. The number of nitrogens with zero attached hydrogens (tertiary/aromatic N) is 1. The van der Waals surface area contributed by atoms with Gasteiger partial charge in [-0.1, -0.05) is 41.1 Å². The second-order valence-corrected chi connectivity index (χ2v) is 9.09. The number of carbonyl (C=O) groups excluding carboxylic acids is 1. The summed E-state index contributed by atoms with van der Waals surface area (Å²) in [5.74, 6) is -0.782. The summed E-state index contributed by atoms with van der Waals surface area (Å²) in [5.41, 5.74) is 2.29. The first-order valence-corrected chi connectivity index (χ1v) is 10.8. The van der Waals surface area contributed by atoms with Crippen molar-refractivity contribution >= 4 is 39.2 Å². The zero-order valence-corrected chi connectivity index (χ0v) is 18.3. The van der Waals surface area contributed by atoms with Gasteiger partial charge in [-0.15, -0.1) is 0 Å². The zero-order valence-electron chi connectivity index (χ0n) is 16.7. The van der Waals surface area contributed by atoms with Crippen LogP contribution in [0.5, 0.6) is 0 Å². The monoisotopic (exact) mass is 456 g/mol. The van der Waals surface area contributed by atoms with Gasteiger partial charge in [-0.2, -0.15) is 0 Å². The number of aliphatic carboxylic acids is 1. The van der Waals surface area contributed by atoms with Gasteiger partial charge in [-0.25, -0.2) is 4.79 Å². The predicted octanol–water partition coefficient (Wildman–Crippen LogP) is 4.74. The van der Waals surface area contributed by atoms with E-state index >= 15 is 0 Å². The van der Waals surface area contributed by atoms with Crippen molar-refractivity contribution in [1.29, 1.82) is 0 Å². The van der Waals surface area contributed by atoms with E-state index in [4.69, 9.17) is 0 Å². The second kappa shape index (κ2) is 7.17. The molecule has 2 N–H and O–H groups in total. The van der Waals surface area contributed by atoms with Crippen LogP contribution in [0, 0.1) is 0 Å². The van der Waals surface area contributed by atoms with Crippen molar-refractivity contribution < 1.29 is 14.7 Å². The average molecular weight is 457 g/mol. The summed E-state index contributed by atoms with van der Waals surface area (Å²) in [6.45, 7) is 2.10. The Labute approximate surface area is 179 Å². The Balaban J connectivity index is 1.67. The third-order valence-corrected chi connectivity index (χ3v) is 7.13. The van der Waals surface area contributed by atoms with Gasteiger partial charge in [0.25, 0.3) is 0 Å². The van der Waals surface area contributed by atoms with Crippen molar-refractivity contribution in [3.63, 3.8) is 0 Å². The Hall–Kier alpha value is -2.34. The quantitative estimate of drug-likeness (QED) is 0.696. The number of rotatable bonds is 4. The lowest BCUT2D eigenvalue weighted by molar-refractivity contribution is -0.145. The fourth-order valence-electron chi connectivity index (χ4n) is 4.85. The third-order valence-electron chi connectivity index (χ3n) is 6.63. The summed E-state index contributed by atoms with van der Waals surface area (Å²) in [4.78, 5) is 27.3. The second-order valence-electron chi connectivity index (χ2n) is 8.17. The molecule has 0 aromatic heterocycles. The summed E-state index contributed by atoms with van der Waals surface area (Å²) in [7, 11) is 1.82. The van der Waals surface area contributed by atoms with Gasteiger partial charge in [0.15, 0.2) is 0 Å². The van der Waals surface area contributed by atoms with Crippen LogP contribution in [0.2, 0.25) is 0 Å². The van der Waals surface area contributed by atoms with Gasteiger partial charge in [0.2, 0.25) is 5.91 Å². The molecule has 4 rings (SSSR count). The lowest BCUT2D eigenvalue weighted by Gasteiger charge is -2.42. The molecule has 0 saturated heterocycles. The van der Waals surface area contributed by atoms with Gasteiger partial charge in [-0.05, 0) is 67.5 Å². The molecular formula is C23H25BrN2O3. The molecule has 2 aromatic carbocycles. The van der Waals surface area contributed by atoms with Crippen molar-refractivity contribution in [2.75, 3.05) is 17.3 Å². The van der Waals surface area contributed by atoms with Gasteiger partial charge in [0, 0.05) is 22.9 Å². The maximum Gasteiger partial charge on any atom is 0.329 e. The number of benzene rings is 2. The van der Waals surface area contributed by atoms with Crippen LogP contribution in [0.1, 0.15) is 43.7 Å². The SMILES string of the molecule is CCc1ccc2c(c1)C1(CCC(Nc3cccc(Br)c3)(C(=O)O)CC1)C(=O)N2C. The van der Waals surface area contributed by atoms with Gasteiger partial charge in [0.05, 0.1) is 5.41 Å². The number of halogens is 1. The van der Waals surface area contributed by atoms with Crippen molar-refractivity contribution in [3.8, 4) is 0 Å². The number of carboxylic acids is 1. The Morgan fingerprint density at radius 1 is 1.17 bits per heavy atom. The Morgan fingerprint density at radius 3 is 2.52 bits per heavy atom. The first-order valence-electron chi connectivity index (χ1n) is 10.00. The molecule has 152 valence electrons. The molecule has 0 atom stereocenters. The van der Waals surface area contributed by atoms with Crippen LogP contribution in [0.4, 0.5) is 11.4 Å². The van der Waals surface area contributed by atoms with E-state index in [1.807, 2.05) is 37.4 Å². The van der Waals surface area contributed by atoms with Crippen LogP contribution in [0.25, 0.3) is 0 Å². The summed E-state index contributed by atoms with van der Waals surface area (Å²) >= 11 is 3.44. The van der Waals surface area contributed by atoms with Crippen LogP contribution < -0.4 is 10.2 Å². The molecule has 2 aromatic rings. The summed E-state index contributed by atoms with van der Waals surface area (Å²) in [5, 5.41) is 13.3. The summed E-state index contributed by atoms with van der Waals surface area (Å²) in [6.07, 6.45) is 2.73. The van der Waals surface area contributed by atoms with Gasteiger partial charge in [-0.3, -0.25) is 4.79 Å². The number of likely N-dealkylation sites (N-methyl/N-ethyl adjacent to an activating group) is 1. The number of amides is 1. The molecular weight excluding hydrogens is 432 g/mol. The number of fused-ring (bicyclic) bond motifs is 2. The molecule has 1 spiro atoms. The largest absolute Gasteiger partial charge is 0.480 e. The highest BCUT2D eigenvalue weighted by Gasteiger charge is 2.56. The van der Waals surface area contributed by atoms with Crippen molar-refractivity contribution in [1.82, 2.24) is 0 Å². The van der Waals surface area contributed by atoms with E-state index in [-0.39, 0.29) is 5.91 Å². The first kappa shape index (κ1) is 20.0. The zero-order chi connectivity index (χ0) is 20.8. The molecule has 0 radical (unpaired) electrons. The fourth-order valence-corrected chi connectivity index (χ4v) is 5.25. The maximum absolute atomic E-state index is 13.3. The van der Waals surface area contributed by atoms with Crippen molar-refractivity contribution in [2.24, 2.45) is 0 Å².